The number of carbonyl (C=O) groups is 1. The lowest BCUT2D eigenvalue weighted by Gasteiger charge is -2.27. The molecule has 138 valence electrons. The average molecular weight is 363 g/mol. The zero-order valence-electron chi connectivity index (χ0n) is 15.1. The lowest BCUT2D eigenvalue weighted by Crippen LogP contribution is -2.36. The molecule has 0 spiro atoms. The third kappa shape index (κ3) is 3.83. The first-order chi connectivity index (χ1) is 13.2. The molecule has 1 aliphatic rings. The van der Waals surface area contributed by atoms with Crippen molar-refractivity contribution < 1.29 is 9.53 Å². The van der Waals surface area contributed by atoms with Gasteiger partial charge in [-0.05, 0) is 49.4 Å². The zero-order chi connectivity index (χ0) is 18.6. The summed E-state index contributed by atoms with van der Waals surface area (Å²) in [7, 11) is 0. The van der Waals surface area contributed by atoms with E-state index in [-0.39, 0.29) is 5.91 Å². The lowest BCUT2D eigenvalue weighted by atomic mass is 10.2. The molecule has 1 amide bonds. The van der Waals surface area contributed by atoms with Crippen molar-refractivity contribution >= 4 is 17.4 Å². The smallest absolute Gasteiger partial charge is 0.255 e. The third-order valence-corrected chi connectivity index (χ3v) is 4.55. The zero-order valence-corrected chi connectivity index (χ0v) is 15.1. The van der Waals surface area contributed by atoms with Gasteiger partial charge in [0.25, 0.3) is 5.91 Å². The fraction of sp³-hybridized carbons (Fsp3) is 0.250. The second-order valence-corrected chi connectivity index (χ2v) is 6.39. The normalized spacial score (nSPS) is 14.2. The summed E-state index contributed by atoms with van der Waals surface area (Å²) in [6, 6.07) is 13.1. The number of anilines is 2. The maximum atomic E-state index is 12.5. The van der Waals surface area contributed by atoms with Gasteiger partial charge in [0.1, 0.15) is 5.82 Å². The van der Waals surface area contributed by atoms with Crippen LogP contribution >= 0.6 is 0 Å². The number of pyridine rings is 1. The van der Waals surface area contributed by atoms with Gasteiger partial charge >= 0.3 is 0 Å². The molecule has 1 saturated heterocycles. The van der Waals surface area contributed by atoms with E-state index in [2.05, 4.69) is 20.3 Å². The Bertz CT molecular complexity index is 912. The summed E-state index contributed by atoms with van der Waals surface area (Å²) in [4.78, 5) is 19.1. The van der Waals surface area contributed by atoms with Gasteiger partial charge in [-0.15, -0.1) is 0 Å². The van der Waals surface area contributed by atoms with Gasteiger partial charge in [-0.25, -0.2) is 9.67 Å². The van der Waals surface area contributed by atoms with E-state index in [0.717, 1.165) is 30.3 Å². The van der Waals surface area contributed by atoms with E-state index in [1.54, 1.807) is 24.5 Å². The molecule has 0 unspecified atom stereocenters. The number of nitrogens with one attached hydrogen (secondary N) is 1. The molecule has 3 heterocycles. The number of aromatic nitrogens is 3. The van der Waals surface area contributed by atoms with Crippen molar-refractivity contribution in [2.24, 2.45) is 0 Å². The third-order valence-electron chi connectivity index (χ3n) is 4.55. The number of hydrogen-bond acceptors (Lipinski definition) is 5. The van der Waals surface area contributed by atoms with Gasteiger partial charge in [-0.1, -0.05) is 0 Å². The molecule has 0 atom stereocenters. The molecule has 2 aromatic heterocycles. The minimum absolute atomic E-state index is 0.167. The van der Waals surface area contributed by atoms with Crippen molar-refractivity contribution in [2.45, 2.75) is 6.92 Å². The first-order valence-corrected chi connectivity index (χ1v) is 8.92. The van der Waals surface area contributed by atoms with Crippen molar-refractivity contribution in [3.8, 4) is 5.69 Å². The summed E-state index contributed by atoms with van der Waals surface area (Å²) in [5.74, 6) is 0.731. The van der Waals surface area contributed by atoms with E-state index in [4.69, 9.17) is 4.74 Å². The molecule has 1 aromatic carbocycles. The minimum atomic E-state index is -0.167. The van der Waals surface area contributed by atoms with Crippen molar-refractivity contribution in [3.05, 3.63) is 66.1 Å². The fourth-order valence-corrected chi connectivity index (χ4v) is 3.04. The van der Waals surface area contributed by atoms with E-state index >= 15 is 0 Å². The molecule has 0 saturated carbocycles. The Morgan fingerprint density at radius 3 is 2.48 bits per heavy atom. The molecule has 7 heteroatoms. The second kappa shape index (κ2) is 7.59. The molecule has 3 aromatic rings. The number of hydrogen-bond donors (Lipinski definition) is 1. The molecule has 1 N–H and O–H groups in total. The Morgan fingerprint density at radius 2 is 1.85 bits per heavy atom. The fourth-order valence-electron chi connectivity index (χ4n) is 3.04. The van der Waals surface area contributed by atoms with Crippen LogP contribution in [0.2, 0.25) is 0 Å². The summed E-state index contributed by atoms with van der Waals surface area (Å²) in [5, 5.41) is 7.16. The summed E-state index contributed by atoms with van der Waals surface area (Å²) in [6.07, 6.45) is 3.44. The highest BCUT2D eigenvalue weighted by Gasteiger charge is 2.13. The molecule has 4 rings (SSSR count). The van der Waals surface area contributed by atoms with Crippen LogP contribution in [0.15, 0.2) is 54.9 Å². The monoisotopic (exact) mass is 363 g/mol. The maximum Gasteiger partial charge on any atom is 0.255 e. The number of amides is 1. The summed E-state index contributed by atoms with van der Waals surface area (Å²) < 4.78 is 7.18. The lowest BCUT2D eigenvalue weighted by molar-refractivity contribution is 0.102. The van der Waals surface area contributed by atoms with Crippen molar-refractivity contribution in [1.29, 1.82) is 0 Å². The van der Waals surface area contributed by atoms with Crippen LogP contribution in [0.3, 0.4) is 0 Å². The number of ether oxygens (including phenoxy) is 1. The highest BCUT2D eigenvalue weighted by molar-refractivity contribution is 6.04. The highest BCUT2D eigenvalue weighted by Crippen LogP contribution is 2.17. The first kappa shape index (κ1) is 17.2. The van der Waals surface area contributed by atoms with E-state index < -0.39 is 0 Å². The number of carbonyl (C=O) groups excluding carboxylic acids is 1. The maximum absolute atomic E-state index is 12.5. The van der Waals surface area contributed by atoms with Gasteiger partial charge in [-0.2, -0.15) is 5.10 Å². The minimum Gasteiger partial charge on any atom is -0.378 e. The predicted octanol–water partition coefficient (Wildman–Crippen LogP) is 2.66. The second-order valence-electron chi connectivity index (χ2n) is 6.39. The Kier molecular flexibility index (Phi) is 4.84. The van der Waals surface area contributed by atoms with Crippen LogP contribution in [0.1, 0.15) is 16.1 Å². The Labute approximate surface area is 157 Å². The van der Waals surface area contributed by atoms with Crippen molar-refractivity contribution in [2.75, 3.05) is 36.5 Å². The van der Waals surface area contributed by atoms with Crippen LogP contribution < -0.4 is 10.2 Å². The summed E-state index contributed by atoms with van der Waals surface area (Å²) in [5.41, 5.74) is 3.22. The number of aryl methyl sites for hydroxylation is 1. The van der Waals surface area contributed by atoms with E-state index in [1.807, 2.05) is 41.9 Å². The number of morpholine rings is 1. The van der Waals surface area contributed by atoms with Crippen LogP contribution in [0.4, 0.5) is 11.5 Å². The molecule has 7 nitrogen and oxygen atoms in total. The molecule has 27 heavy (non-hydrogen) atoms. The standard InChI is InChI=1S/C20H21N5O2/c1-15-8-9-22-25(15)18-5-2-16(3-6-18)20(26)23-17-4-7-19(21-14-17)24-10-12-27-13-11-24/h2-9,14H,10-13H2,1H3,(H,23,26). The highest BCUT2D eigenvalue weighted by atomic mass is 16.5. The Morgan fingerprint density at radius 1 is 1.07 bits per heavy atom. The van der Waals surface area contributed by atoms with E-state index in [9.17, 15) is 4.79 Å². The van der Waals surface area contributed by atoms with Gasteiger partial charge < -0.3 is 15.0 Å². The number of rotatable bonds is 4. The van der Waals surface area contributed by atoms with Crippen LogP contribution in [-0.2, 0) is 4.74 Å². The van der Waals surface area contributed by atoms with Crippen LogP contribution in [-0.4, -0.2) is 47.0 Å². The van der Waals surface area contributed by atoms with Crippen LogP contribution in [0.25, 0.3) is 5.69 Å². The van der Waals surface area contributed by atoms with Crippen LogP contribution in [0.5, 0.6) is 0 Å². The molecular formula is C20H21N5O2. The van der Waals surface area contributed by atoms with Gasteiger partial charge in [0, 0.05) is 30.5 Å². The molecule has 0 aliphatic carbocycles. The van der Waals surface area contributed by atoms with Crippen molar-refractivity contribution in [1.82, 2.24) is 14.8 Å². The topological polar surface area (TPSA) is 72.3 Å². The van der Waals surface area contributed by atoms with E-state index in [1.165, 1.54) is 0 Å². The van der Waals surface area contributed by atoms with Gasteiger partial charge in [-0.3, -0.25) is 4.79 Å². The number of benzene rings is 1. The quantitative estimate of drug-likeness (QED) is 0.772. The Hall–Kier alpha value is -3.19. The Balaban J connectivity index is 1.42. The van der Waals surface area contributed by atoms with Crippen molar-refractivity contribution in [3.63, 3.8) is 0 Å². The van der Waals surface area contributed by atoms with Crippen LogP contribution in [0, 0.1) is 6.92 Å². The molecule has 1 aliphatic heterocycles. The SMILES string of the molecule is Cc1ccnn1-c1ccc(C(=O)Nc2ccc(N3CCOCC3)nc2)cc1. The molecule has 0 radical (unpaired) electrons. The largest absolute Gasteiger partial charge is 0.378 e. The average Bonchev–Trinajstić information content (AvgIpc) is 3.15. The van der Waals surface area contributed by atoms with Gasteiger partial charge in [0.05, 0.1) is 30.8 Å². The van der Waals surface area contributed by atoms with Gasteiger partial charge in [0.2, 0.25) is 0 Å². The van der Waals surface area contributed by atoms with E-state index in [0.29, 0.717) is 24.5 Å². The summed E-state index contributed by atoms with van der Waals surface area (Å²) in [6.45, 7) is 5.09. The van der Waals surface area contributed by atoms with Gasteiger partial charge in [0.15, 0.2) is 0 Å². The predicted molar refractivity (Wildman–Crippen MR) is 104 cm³/mol. The summed E-state index contributed by atoms with van der Waals surface area (Å²) >= 11 is 0. The number of nitrogens with zero attached hydrogens (tertiary/aromatic N) is 4. The molecule has 1 fully saturated rings. The molecule has 0 bridgehead atoms. The first-order valence-electron chi connectivity index (χ1n) is 8.92. The molecular weight excluding hydrogens is 342 g/mol.